The minimum absolute atomic E-state index is 0.0385. The van der Waals surface area contributed by atoms with Gasteiger partial charge in [-0.15, -0.1) is 0 Å². The van der Waals surface area contributed by atoms with Gasteiger partial charge in [0, 0.05) is 27.4 Å². The van der Waals surface area contributed by atoms with E-state index in [2.05, 4.69) is 46.5 Å². The second-order valence-corrected chi connectivity index (χ2v) is 7.03. The number of nitrogens with one attached hydrogen (secondary N) is 2. The van der Waals surface area contributed by atoms with Crippen LogP contribution in [0.25, 0.3) is 10.9 Å². The minimum atomic E-state index is -0.531. The smallest absolute Gasteiger partial charge is 0.334 e. The molecule has 144 valence electrons. The Bertz CT molecular complexity index is 1220. The molecule has 0 unspecified atom stereocenters. The predicted molar refractivity (Wildman–Crippen MR) is 114 cm³/mol. The lowest BCUT2D eigenvalue weighted by Crippen LogP contribution is -2.06. The summed E-state index contributed by atoms with van der Waals surface area (Å²) in [5.74, 6) is 0.528. The van der Waals surface area contributed by atoms with Crippen LogP contribution < -0.4 is 10.6 Å². The van der Waals surface area contributed by atoms with Gasteiger partial charge in [-0.2, -0.15) is 0 Å². The van der Waals surface area contributed by atoms with Crippen LogP contribution in [-0.4, -0.2) is 24.9 Å². The van der Waals surface area contributed by atoms with Crippen LogP contribution in [0.2, 0.25) is 0 Å². The van der Waals surface area contributed by atoms with Gasteiger partial charge in [-0.25, -0.2) is 15.0 Å². The summed E-state index contributed by atoms with van der Waals surface area (Å²) in [6, 6.07) is 12.8. The van der Waals surface area contributed by atoms with Gasteiger partial charge in [0.2, 0.25) is 11.6 Å². The molecule has 0 atom stereocenters. The third-order valence-electron chi connectivity index (χ3n) is 4.10. The van der Waals surface area contributed by atoms with Crippen molar-refractivity contribution >= 4 is 55.7 Å². The molecule has 1 aromatic carbocycles. The summed E-state index contributed by atoms with van der Waals surface area (Å²) in [6.07, 6.45) is 2.84. The van der Waals surface area contributed by atoms with Crippen LogP contribution in [0.1, 0.15) is 5.69 Å². The number of hydrogen-bond acceptors (Lipinski definition) is 8. The van der Waals surface area contributed by atoms with Crippen molar-refractivity contribution < 1.29 is 4.92 Å². The van der Waals surface area contributed by atoms with Crippen molar-refractivity contribution in [1.82, 2.24) is 19.9 Å². The fourth-order valence-electron chi connectivity index (χ4n) is 2.80. The first-order valence-corrected chi connectivity index (χ1v) is 9.32. The Morgan fingerprint density at radius 2 is 1.79 bits per heavy atom. The summed E-state index contributed by atoms with van der Waals surface area (Å²) in [4.78, 5) is 28.0. The maximum atomic E-state index is 11.8. The standard InChI is InChI=1S/C19H14BrN7O2/c1-11-5-7-13-14(24-11)3-2-4-15(13)25-18-17(27(28)29)19(23-10-22-18)26-16-8-6-12(20)9-21-16/h2-10H,1H3,(H2,21,22,23,25,26). The van der Waals surface area contributed by atoms with Gasteiger partial charge in [-0.1, -0.05) is 6.07 Å². The quantitative estimate of drug-likeness (QED) is 0.325. The zero-order valence-electron chi connectivity index (χ0n) is 15.1. The molecule has 4 rings (SSSR count). The highest BCUT2D eigenvalue weighted by molar-refractivity contribution is 9.10. The van der Waals surface area contributed by atoms with E-state index in [0.29, 0.717) is 11.5 Å². The molecule has 10 heteroatoms. The number of nitrogens with zero attached hydrogens (tertiary/aromatic N) is 5. The third kappa shape index (κ3) is 3.97. The first kappa shape index (κ1) is 18.7. The monoisotopic (exact) mass is 451 g/mol. The fraction of sp³-hybridized carbons (Fsp3) is 0.0526. The van der Waals surface area contributed by atoms with Crippen molar-refractivity contribution in [2.75, 3.05) is 10.6 Å². The van der Waals surface area contributed by atoms with E-state index in [-0.39, 0.29) is 17.3 Å². The molecule has 0 spiro atoms. The van der Waals surface area contributed by atoms with Crippen LogP contribution in [-0.2, 0) is 0 Å². The summed E-state index contributed by atoms with van der Waals surface area (Å²) >= 11 is 3.30. The Morgan fingerprint density at radius 1 is 1.00 bits per heavy atom. The van der Waals surface area contributed by atoms with Gasteiger partial charge in [0.25, 0.3) is 0 Å². The Hall–Kier alpha value is -3.66. The number of anilines is 4. The molecule has 29 heavy (non-hydrogen) atoms. The predicted octanol–water partition coefficient (Wildman–Crippen LogP) is 4.89. The topological polar surface area (TPSA) is 119 Å². The van der Waals surface area contributed by atoms with Crippen molar-refractivity contribution in [2.24, 2.45) is 0 Å². The van der Waals surface area contributed by atoms with E-state index in [1.807, 2.05) is 37.3 Å². The number of aryl methyl sites for hydroxylation is 1. The molecular weight excluding hydrogens is 438 g/mol. The van der Waals surface area contributed by atoms with E-state index in [1.54, 1.807) is 18.3 Å². The molecule has 4 aromatic rings. The second kappa shape index (κ2) is 7.76. The molecule has 0 aliphatic rings. The number of nitro groups is 1. The molecular formula is C19H14BrN7O2. The van der Waals surface area contributed by atoms with Crippen LogP contribution in [0.15, 0.2) is 59.5 Å². The summed E-state index contributed by atoms with van der Waals surface area (Å²) in [5.41, 5.74) is 2.04. The Kier molecular flexibility index (Phi) is 5.00. The van der Waals surface area contributed by atoms with E-state index in [1.165, 1.54) is 6.33 Å². The number of hydrogen-bond donors (Lipinski definition) is 2. The van der Waals surface area contributed by atoms with E-state index in [9.17, 15) is 10.1 Å². The Morgan fingerprint density at radius 3 is 2.52 bits per heavy atom. The van der Waals surface area contributed by atoms with Gasteiger partial charge in [0.1, 0.15) is 12.1 Å². The first-order valence-electron chi connectivity index (χ1n) is 8.52. The average molecular weight is 452 g/mol. The number of aromatic nitrogens is 4. The molecule has 0 saturated heterocycles. The van der Waals surface area contributed by atoms with Crippen molar-refractivity contribution in [1.29, 1.82) is 0 Å². The van der Waals surface area contributed by atoms with Crippen molar-refractivity contribution in [3.8, 4) is 0 Å². The highest BCUT2D eigenvalue weighted by atomic mass is 79.9. The zero-order valence-corrected chi connectivity index (χ0v) is 16.7. The molecule has 0 fully saturated rings. The van der Waals surface area contributed by atoms with Crippen LogP contribution in [0.4, 0.5) is 28.8 Å². The van der Waals surface area contributed by atoms with Crippen molar-refractivity contribution in [2.45, 2.75) is 6.92 Å². The molecule has 0 radical (unpaired) electrons. The van der Waals surface area contributed by atoms with Gasteiger partial charge >= 0.3 is 5.69 Å². The highest BCUT2D eigenvalue weighted by Crippen LogP contribution is 2.34. The number of halogens is 1. The normalized spacial score (nSPS) is 10.7. The van der Waals surface area contributed by atoms with E-state index in [0.717, 1.165) is 21.1 Å². The third-order valence-corrected chi connectivity index (χ3v) is 4.57. The molecule has 0 bridgehead atoms. The molecule has 0 saturated carbocycles. The van der Waals surface area contributed by atoms with E-state index < -0.39 is 4.92 Å². The highest BCUT2D eigenvalue weighted by Gasteiger charge is 2.24. The number of benzene rings is 1. The minimum Gasteiger partial charge on any atom is -0.334 e. The Balaban J connectivity index is 1.75. The molecule has 2 N–H and O–H groups in total. The molecule has 3 aromatic heterocycles. The van der Waals surface area contributed by atoms with Gasteiger partial charge in [-0.05, 0) is 59.3 Å². The maximum absolute atomic E-state index is 11.8. The summed E-state index contributed by atoms with van der Waals surface area (Å²) in [5, 5.41) is 18.5. The van der Waals surface area contributed by atoms with Crippen LogP contribution in [0, 0.1) is 17.0 Å². The number of rotatable bonds is 5. The van der Waals surface area contributed by atoms with Gasteiger partial charge < -0.3 is 10.6 Å². The zero-order chi connectivity index (χ0) is 20.4. The van der Waals surface area contributed by atoms with Crippen LogP contribution in [0.3, 0.4) is 0 Å². The van der Waals surface area contributed by atoms with E-state index in [4.69, 9.17) is 0 Å². The summed E-state index contributed by atoms with van der Waals surface area (Å²) < 4.78 is 0.794. The molecule has 9 nitrogen and oxygen atoms in total. The molecule has 3 heterocycles. The molecule has 0 amide bonds. The second-order valence-electron chi connectivity index (χ2n) is 6.11. The largest absolute Gasteiger partial charge is 0.353 e. The summed E-state index contributed by atoms with van der Waals surface area (Å²) in [6.45, 7) is 1.91. The van der Waals surface area contributed by atoms with Crippen LogP contribution in [0.5, 0.6) is 0 Å². The number of pyridine rings is 2. The van der Waals surface area contributed by atoms with Crippen molar-refractivity contribution in [3.63, 3.8) is 0 Å². The van der Waals surface area contributed by atoms with Gasteiger partial charge in [0.15, 0.2) is 0 Å². The lowest BCUT2D eigenvalue weighted by molar-refractivity contribution is -0.383. The lowest BCUT2D eigenvalue weighted by Gasteiger charge is -2.11. The van der Waals surface area contributed by atoms with Crippen LogP contribution >= 0.6 is 15.9 Å². The SMILES string of the molecule is Cc1ccc2c(Nc3ncnc(Nc4ccc(Br)cn4)c3[N+](=O)[O-])cccc2n1. The van der Waals surface area contributed by atoms with E-state index >= 15 is 0 Å². The summed E-state index contributed by atoms with van der Waals surface area (Å²) in [7, 11) is 0. The van der Waals surface area contributed by atoms with Gasteiger partial charge in [0.05, 0.1) is 10.4 Å². The lowest BCUT2D eigenvalue weighted by atomic mass is 10.1. The van der Waals surface area contributed by atoms with Gasteiger partial charge in [-0.3, -0.25) is 15.1 Å². The first-order chi connectivity index (χ1) is 14.0. The number of fused-ring (bicyclic) bond motifs is 1. The van der Waals surface area contributed by atoms with Crippen molar-refractivity contribution in [3.05, 3.63) is 75.3 Å². The average Bonchev–Trinajstić information content (AvgIpc) is 2.69. The Labute approximate surface area is 173 Å². The maximum Gasteiger partial charge on any atom is 0.353 e. The molecule has 0 aliphatic heterocycles. The fourth-order valence-corrected chi connectivity index (χ4v) is 3.03. The molecule has 0 aliphatic carbocycles.